The largest absolute Gasteiger partial charge is 0.456 e. The zero-order valence-electron chi connectivity index (χ0n) is 42.0. The molecule has 1 heterocycles. The summed E-state index contributed by atoms with van der Waals surface area (Å²) in [6.45, 7) is 15.6. The van der Waals surface area contributed by atoms with Gasteiger partial charge in [-0.2, -0.15) is 0 Å². The lowest BCUT2D eigenvalue weighted by atomic mass is 9.44. The lowest BCUT2D eigenvalue weighted by Gasteiger charge is -2.68. The molecule has 382 valence electrons. The van der Waals surface area contributed by atoms with Crippen LogP contribution in [0.3, 0.4) is 0 Å². The Labute approximate surface area is 416 Å². The first-order valence-corrected chi connectivity index (χ1v) is 29.3. The highest BCUT2D eigenvalue weighted by Gasteiger charge is 2.79. The van der Waals surface area contributed by atoms with E-state index in [2.05, 4.69) is 5.32 Å². The molecule has 1 aliphatic heterocycles. The first kappa shape index (κ1) is 53.4. The number of aliphatic hydroxyl groups excluding tert-OH is 1. The lowest BCUT2D eigenvalue weighted by Crippen LogP contribution is -2.82. The highest BCUT2D eigenvalue weighted by molar-refractivity contribution is 6.78. The number of hydrogen-bond acceptors (Lipinski definition) is 16. The molecule has 71 heavy (non-hydrogen) atoms. The van der Waals surface area contributed by atoms with Crippen LogP contribution in [0.2, 0.25) is 26.2 Å². The van der Waals surface area contributed by atoms with Crippen LogP contribution in [0.25, 0.3) is 0 Å². The number of Topliss-reactive ketones (excluding diaryl/α,β-unsaturated/α-hetero) is 1. The summed E-state index contributed by atoms with van der Waals surface area (Å²) >= 11 is 0. The van der Waals surface area contributed by atoms with Gasteiger partial charge in [0.15, 0.2) is 23.6 Å². The molecule has 7 rings (SSSR count). The molecule has 0 spiro atoms. The van der Waals surface area contributed by atoms with E-state index in [1.165, 1.54) is 26.2 Å². The van der Waals surface area contributed by atoms with Gasteiger partial charge in [0.1, 0.15) is 23.9 Å². The third kappa shape index (κ3) is 9.94. The van der Waals surface area contributed by atoms with Gasteiger partial charge in [-0.3, -0.25) is 19.2 Å². The third-order valence-electron chi connectivity index (χ3n) is 14.9. The number of fused-ring (bicyclic) bond motifs is 5. The molecule has 17 nitrogen and oxygen atoms in total. The number of carbonyl (C=O) groups excluding carboxylic acids is 6. The summed E-state index contributed by atoms with van der Waals surface area (Å²) in [7, 11) is -4.62. The molecule has 19 heteroatoms. The van der Waals surface area contributed by atoms with E-state index in [0.717, 1.165) is 6.92 Å². The first-order valence-electron chi connectivity index (χ1n) is 23.7. The molecule has 2 bridgehead atoms. The van der Waals surface area contributed by atoms with E-state index >= 15 is 4.79 Å². The average Bonchev–Trinajstić information content (AvgIpc) is 3.31. The molecule has 0 aromatic heterocycles. The molecule has 3 aromatic carbocycles. The molecule has 0 unspecified atom stereocenters. The van der Waals surface area contributed by atoms with E-state index in [1.807, 2.05) is 13.1 Å². The molecular weight excluding hydrogens is 951 g/mol. The molecule has 3 aliphatic carbocycles. The van der Waals surface area contributed by atoms with Crippen LogP contribution in [0.15, 0.2) is 102 Å². The summed E-state index contributed by atoms with van der Waals surface area (Å²) in [5.41, 5.74) is -6.89. The quantitative estimate of drug-likeness (QED) is 0.0705. The Bertz CT molecular complexity index is 2560. The van der Waals surface area contributed by atoms with Crippen molar-refractivity contribution in [1.29, 1.82) is 0 Å². The van der Waals surface area contributed by atoms with Crippen molar-refractivity contribution in [3.63, 3.8) is 0 Å². The maximum Gasteiger partial charge on any atom is 0.338 e. The Morgan fingerprint density at radius 1 is 0.803 bits per heavy atom. The lowest BCUT2D eigenvalue weighted by molar-refractivity contribution is -0.345. The van der Waals surface area contributed by atoms with Crippen molar-refractivity contribution < 1.29 is 75.6 Å². The number of ketones is 1. The Morgan fingerprint density at radius 2 is 1.38 bits per heavy atom. The van der Waals surface area contributed by atoms with Crippen LogP contribution in [0.5, 0.6) is 0 Å². The summed E-state index contributed by atoms with van der Waals surface area (Å²) in [6.07, 6.45) is -9.93. The minimum atomic E-state index is -3.34. The van der Waals surface area contributed by atoms with Crippen molar-refractivity contribution in [2.45, 2.75) is 134 Å². The second-order valence-electron chi connectivity index (χ2n) is 20.6. The summed E-state index contributed by atoms with van der Waals surface area (Å²) < 4.78 is 50.8. The monoisotopic (exact) mass is 1020 g/mol. The summed E-state index contributed by atoms with van der Waals surface area (Å²) in [5.74, 6) is -6.63. The minimum Gasteiger partial charge on any atom is -0.456 e. The van der Waals surface area contributed by atoms with Gasteiger partial charge in [-0.1, -0.05) is 80.6 Å². The average molecular weight is 1020 g/mol. The van der Waals surface area contributed by atoms with Crippen LogP contribution in [0, 0.1) is 16.7 Å². The molecular formula is C52H65NO16Si2. The van der Waals surface area contributed by atoms with Gasteiger partial charge in [-0.05, 0) is 81.0 Å². The molecule has 11 atom stereocenters. The Morgan fingerprint density at radius 3 is 1.92 bits per heavy atom. The van der Waals surface area contributed by atoms with Crippen LogP contribution < -0.4 is 5.32 Å². The molecule has 3 N–H and O–H groups in total. The van der Waals surface area contributed by atoms with E-state index in [4.69, 9.17) is 36.7 Å². The van der Waals surface area contributed by atoms with Gasteiger partial charge in [0.05, 0.1) is 35.6 Å². The predicted molar refractivity (Wildman–Crippen MR) is 260 cm³/mol. The Balaban J connectivity index is 1.43. The van der Waals surface area contributed by atoms with Crippen molar-refractivity contribution in [2.24, 2.45) is 16.7 Å². The van der Waals surface area contributed by atoms with Gasteiger partial charge in [-0.15, -0.1) is 0 Å². The third-order valence-corrected chi connectivity index (χ3v) is 20.6. The predicted octanol–water partition coefficient (Wildman–Crippen LogP) is 5.83. The number of rotatable bonds is 15. The number of ether oxygens (including phenoxy) is 5. The van der Waals surface area contributed by atoms with E-state index in [0.29, 0.717) is 5.56 Å². The molecule has 2 saturated carbocycles. The normalized spacial score (nSPS) is 29.8. The molecule has 3 fully saturated rings. The maximum absolute atomic E-state index is 16.3. The highest BCUT2D eigenvalue weighted by Crippen LogP contribution is 2.65. The molecule has 1 saturated heterocycles. The molecule has 0 radical (unpaired) electrons. The van der Waals surface area contributed by atoms with E-state index in [9.17, 15) is 34.2 Å². The summed E-state index contributed by atoms with van der Waals surface area (Å²) in [6, 6.07) is 23.2. The van der Waals surface area contributed by atoms with Crippen LogP contribution in [0.1, 0.15) is 86.7 Å². The van der Waals surface area contributed by atoms with Crippen LogP contribution in [-0.4, -0.2) is 124 Å². The van der Waals surface area contributed by atoms with Crippen molar-refractivity contribution in [3.8, 4) is 0 Å². The van der Waals surface area contributed by atoms with Crippen LogP contribution in [-0.2, 0) is 55.8 Å². The van der Waals surface area contributed by atoms with Gasteiger partial charge in [-0.25, -0.2) is 9.59 Å². The minimum absolute atomic E-state index is 0.0316. The van der Waals surface area contributed by atoms with Gasteiger partial charge in [0, 0.05) is 44.8 Å². The van der Waals surface area contributed by atoms with Gasteiger partial charge in [0.2, 0.25) is 0 Å². The maximum atomic E-state index is 16.3. The standard InChI is InChI=1S/C52H65NO16Si2/c1-30-36(65-48(60)41(56)40(33-21-15-12-16-22-33)53-46(58)34-23-17-13-18-24-34)28-52(61)45(66-47(59)35-25-19-14-20-26-35)43-50(6,44(57)42(64-31(2)54)39(30)49(52,4)5)37(68-71(10,11)69-70(8,9)62-7)27-38-51(43,29-63-38)67-32(3)55/h12-26,36-38,40-43,45,56,61H,27-29H2,1-11H3,(H,53,58)/t36-,37-,38+,40-,41+,42+,43-,45-,50+,51-,52+/m0/s1. The van der Waals surface area contributed by atoms with Crippen molar-refractivity contribution >= 4 is 52.7 Å². The topological polar surface area (TPSA) is 229 Å². The van der Waals surface area contributed by atoms with E-state index in [1.54, 1.807) is 120 Å². The van der Waals surface area contributed by atoms with Gasteiger partial charge in [0.25, 0.3) is 5.91 Å². The SMILES string of the molecule is CO[Si](C)(C)O[Si](C)(C)O[C@H]1C[C@H]2OC[C@@]2(OC(C)=O)[C@H]2[C@H](OC(=O)c3ccccc3)[C@]3(O)C[C@H](OC(=O)[C@H](O)[C@@H](NC(=O)c4ccccc4)c4ccccc4)C(C)=C([C@@H](OC(C)=O)C(=O)[C@]12C)C3(C)C. The Kier molecular flexibility index (Phi) is 15.0. The molecule has 4 aliphatic rings. The number of amides is 1. The number of nitrogens with one attached hydrogen (secondary N) is 1. The zero-order chi connectivity index (χ0) is 52.1. The number of aliphatic hydroxyl groups is 2. The van der Waals surface area contributed by atoms with E-state index < -0.39 is 130 Å². The second kappa shape index (κ2) is 19.9. The first-order chi connectivity index (χ1) is 33.2. The second-order valence-corrected chi connectivity index (χ2v) is 27.6. The fourth-order valence-corrected chi connectivity index (χ4v) is 17.6. The fraction of sp³-hybridized carbons (Fsp3) is 0.500. The highest BCUT2D eigenvalue weighted by atomic mass is 28.5. The zero-order valence-corrected chi connectivity index (χ0v) is 44.0. The smallest absolute Gasteiger partial charge is 0.338 e. The number of carbonyl (C=O) groups is 6. The van der Waals surface area contributed by atoms with Crippen LogP contribution in [0.4, 0.5) is 0 Å². The van der Waals surface area contributed by atoms with Crippen molar-refractivity contribution in [2.75, 3.05) is 13.7 Å². The van der Waals surface area contributed by atoms with Gasteiger partial charge >= 0.3 is 41.0 Å². The van der Waals surface area contributed by atoms with Gasteiger partial charge < -0.3 is 52.2 Å². The fourth-order valence-electron chi connectivity index (χ4n) is 11.3. The Hall–Kier alpha value is -5.39. The van der Waals surface area contributed by atoms with Crippen molar-refractivity contribution in [1.82, 2.24) is 5.32 Å². The summed E-state index contributed by atoms with van der Waals surface area (Å²) in [5, 5.41) is 28.8. The number of hydrogen-bond donors (Lipinski definition) is 3. The summed E-state index contributed by atoms with van der Waals surface area (Å²) in [4.78, 5) is 86.0. The van der Waals surface area contributed by atoms with E-state index in [-0.39, 0.29) is 35.3 Å². The number of esters is 4. The molecule has 3 aromatic rings. The molecule has 1 amide bonds. The number of benzene rings is 3. The van der Waals surface area contributed by atoms with Crippen LogP contribution >= 0.6 is 0 Å². The van der Waals surface area contributed by atoms with Crippen molar-refractivity contribution in [3.05, 3.63) is 119 Å².